The van der Waals surface area contributed by atoms with Crippen LogP contribution in [0.4, 0.5) is 22.7 Å². The second-order valence-electron chi connectivity index (χ2n) is 14.3. The minimum absolute atomic E-state index is 0.206. The average molecular weight is 783 g/mol. The molecule has 6 rings (SSSR count). The first-order valence-electron chi connectivity index (χ1n) is 18.9. The fraction of sp³-hybridized carbons (Fsp3) is 0.400. The molecular formula is C40H50N10O7. The van der Waals surface area contributed by atoms with Crippen molar-refractivity contribution < 1.29 is 33.4 Å². The predicted octanol–water partition coefficient (Wildman–Crippen LogP) is 3.95. The number of rotatable bonds is 16. The van der Waals surface area contributed by atoms with Crippen molar-refractivity contribution in [1.29, 1.82) is 0 Å². The molecule has 17 heteroatoms. The molecule has 1 saturated heterocycles. The van der Waals surface area contributed by atoms with Crippen LogP contribution in [0.1, 0.15) is 76.1 Å². The third-order valence-electron chi connectivity index (χ3n) is 9.84. The summed E-state index contributed by atoms with van der Waals surface area (Å²) < 4.78 is 16.5. The van der Waals surface area contributed by atoms with E-state index in [2.05, 4.69) is 31.5 Å². The van der Waals surface area contributed by atoms with E-state index < -0.39 is 5.91 Å². The number of ether oxygens (including phenoxy) is 2. The number of aryl methyl sites for hydroxylation is 3. The van der Waals surface area contributed by atoms with Crippen molar-refractivity contribution in [2.45, 2.75) is 51.6 Å². The van der Waals surface area contributed by atoms with Gasteiger partial charge in [-0.1, -0.05) is 0 Å². The van der Waals surface area contributed by atoms with E-state index in [1.54, 1.807) is 78.7 Å². The number of carbonyl (C=O) groups excluding carboxylic acids is 5. The second-order valence-corrected chi connectivity index (χ2v) is 14.3. The van der Waals surface area contributed by atoms with Crippen molar-refractivity contribution in [2.24, 2.45) is 26.1 Å². The summed E-state index contributed by atoms with van der Waals surface area (Å²) in [5.74, 6) is -0.279. The molecule has 0 radical (unpaired) electrons. The van der Waals surface area contributed by atoms with Crippen molar-refractivity contribution in [3.05, 3.63) is 71.6 Å². The van der Waals surface area contributed by atoms with Gasteiger partial charge in [0.15, 0.2) is 11.5 Å². The lowest BCUT2D eigenvalue weighted by atomic mass is 10.1. The van der Waals surface area contributed by atoms with E-state index in [1.165, 1.54) is 13.3 Å². The van der Waals surface area contributed by atoms with Crippen LogP contribution in [-0.2, 0) is 37.3 Å². The second kappa shape index (κ2) is 18.1. The van der Waals surface area contributed by atoms with Crippen LogP contribution in [0.25, 0.3) is 0 Å². The summed E-state index contributed by atoms with van der Waals surface area (Å²) in [6.07, 6.45) is 10.4. The first-order chi connectivity index (χ1) is 27.4. The fourth-order valence-electron chi connectivity index (χ4n) is 7.00. The number of aromatic nitrogens is 3. The molecule has 0 spiro atoms. The SMILES string of the molecule is COc1cc2c(cc1OCCCC(=O)Nc1cc(C(=O)Nc3cc(C(=O)NCCCNC(=O)c4cc(NC(C)=O)cn4C)n(C)c3)n(C)c1)N=C[C@@H]1CCCN1C2. The van der Waals surface area contributed by atoms with Gasteiger partial charge in [-0.2, -0.15) is 0 Å². The topological polar surface area (TPSA) is 194 Å². The maximum absolute atomic E-state index is 13.2. The average Bonchev–Trinajstić information content (AvgIpc) is 3.93. The van der Waals surface area contributed by atoms with Gasteiger partial charge in [-0.05, 0) is 62.1 Å². The smallest absolute Gasteiger partial charge is 0.272 e. The highest BCUT2D eigenvalue weighted by Crippen LogP contribution is 2.38. The Morgan fingerprint density at radius 2 is 1.35 bits per heavy atom. The number of anilines is 3. The molecule has 17 nitrogen and oxygen atoms in total. The predicted molar refractivity (Wildman–Crippen MR) is 216 cm³/mol. The van der Waals surface area contributed by atoms with Crippen LogP contribution < -0.4 is 36.1 Å². The molecule has 3 aromatic heterocycles. The largest absolute Gasteiger partial charge is 0.493 e. The van der Waals surface area contributed by atoms with Gasteiger partial charge >= 0.3 is 0 Å². The molecule has 5 amide bonds. The number of aliphatic imine (C=N–C) groups is 1. The summed E-state index contributed by atoms with van der Waals surface area (Å²) in [5.41, 5.74) is 4.44. The van der Waals surface area contributed by atoms with E-state index in [0.29, 0.717) is 84.2 Å². The highest BCUT2D eigenvalue weighted by atomic mass is 16.5. The molecule has 0 aliphatic carbocycles. The monoisotopic (exact) mass is 782 g/mol. The molecule has 1 fully saturated rings. The van der Waals surface area contributed by atoms with Crippen LogP contribution in [0.3, 0.4) is 0 Å². The van der Waals surface area contributed by atoms with E-state index in [-0.39, 0.29) is 30.0 Å². The summed E-state index contributed by atoms with van der Waals surface area (Å²) >= 11 is 0. The molecule has 0 saturated carbocycles. The van der Waals surface area contributed by atoms with Crippen molar-refractivity contribution in [2.75, 3.05) is 49.3 Å². The number of nitrogens with one attached hydrogen (secondary N) is 5. The molecule has 0 bridgehead atoms. The third kappa shape index (κ3) is 10.1. The normalized spacial score (nSPS) is 14.6. The van der Waals surface area contributed by atoms with Crippen LogP contribution in [0, 0.1) is 0 Å². The van der Waals surface area contributed by atoms with Gasteiger partial charge in [-0.25, -0.2) is 0 Å². The molecule has 0 unspecified atom stereocenters. The van der Waals surface area contributed by atoms with Gasteiger partial charge in [0.2, 0.25) is 11.8 Å². The highest BCUT2D eigenvalue weighted by Gasteiger charge is 2.27. The number of hydrogen-bond donors (Lipinski definition) is 5. The quantitative estimate of drug-likeness (QED) is 0.106. The van der Waals surface area contributed by atoms with Gasteiger partial charge in [0.25, 0.3) is 17.7 Å². The minimum atomic E-state index is -0.415. The van der Waals surface area contributed by atoms with Gasteiger partial charge < -0.3 is 49.8 Å². The first kappa shape index (κ1) is 40.3. The van der Waals surface area contributed by atoms with Crippen molar-refractivity contribution in [3.63, 3.8) is 0 Å². The van der Waals surface area contributed by atoms with Gasteiger partial charge in [-0.3, -0.25) is 33.9 Å². The van der Waals surface area contributed by atoms with Gasteiger partial charge in [0, 0.05) is 91.0 Å². The van der Waals surface area contributed by atoms with Crippen LogP contribution in [0.5, 0.6) is 11.5 Å². The Labute approximate surface area is 330 Å². The van der Waals surface area contributed by atoms with Crippen molar-refractivity contribution in [1.82, 2.24) is 29.2 Å². The highest BCUT2D eigenvalue weighted by molar-refractivity contribution is 6.05. The van der Waals surface area contributed by atoms with E-state index in [9.17, 15) is 24.0 Å². The fourth-order valence-corrected chi connectivity index (χ4v) is 7.00. The Morgan fingerprint density at radius 3 is 1.96 bits per heavy atom. The Morgan fingerprint density at radius 1 is 0.754 bits per heavy atom. The molecule has 57 heavy (non-hydrogen) atoms. The maximum atomic E-state index is 13.2. The zero-order valence-corrected chi connectivity index (χ0v) is 32.9. The van der Waals surface area contributed by atoms with E-state index in [1.807, 2.05) is 18.3 Å². The van der Waals surface area contributed by atoms with Crippen molar-refractivity contribution in [3.8, 4) is 11.5 Å². The molecule has 5 N–H and O–H groups in total. The molecule has 2 aliphatic heterocycles. The molecule has 302 valence electrons. The van der Waals surface area contributed by atoms with Gasteiger partial charge in [0.05, 0.1) is 36.5 Å². The van der Waals surface area contributed by atoms with Gasteiger partial charge in [0.1, 0.15) is 17.1 Å². The number of benzene rings is 1. The molecule has 5 heterocycles. The molecule has 1 atom stereocenters. The van der Waals surface area contributed by atoms with Crippen LogP contribution >= 0.6 is 0 Å². The lowest BCUT2D eigenvalue weighted by molar-refractivity contribution is -0.116. The van der Waals surface area contributed by atoms with Crippen LogP contribution in [0.15, 0.2) is 53.9 Å². The minimum Gasteiger partial charge on any atom is -0.493 e. The summed E-state index contributed by atoms with van der Waals surface area (Å²) in [7, 11) is 6.72. The Balaban J connectivity index is 0.922. The summed E-state index contributed by atoms with van der Waals surface area (Å²) in [4.78, 5) is 69.9. The van der Waals surface area contributed by atoms with Crippen molar-refractivity contribution >= 4 is 58.5 Å². The molecular weight excluding hydrogens is 733 g/mol. The Hall–Kier alpha value is -6.36. The molecule has 2 aliphatic rings. The number of fused-ring (bicyclic) bond motifs is 2. The zero-order valence-electron chi connectivity index (χ0n) is 32.9. The summed E-state index contributed by atoms with van der Waals surface area (Å²) in [6.45, 7) is 4.20. The van der Waals surface area contributed by atoms with E-state index in [4.69, 9.17) is 14.5 Å². The molecule has 4 aromatic rings. The first-order valence-corrected chi connectivity index (χ1v) is 18.9. The van der Waals surface area contributed by atoms with Crippen LogP contribution in [-0.4, -0.2) is 93.7 Å². The number of methoxy groups -OCH3 is 1. The summed E-state index contributed by atoms with van der Waals surface area (Å²) in [5, 5.41) is 14.0. The van der Waals surface area contributed by atoms with Gasteiger partial charge in [-0.15, -0.1) is 0 Å². The number of amides is 5. The summed E-state index contributed by atoms with van der Waals surface area (Å²) in [6, 6.07) is 9.00. The van der Waals surface area contributed by atoms with E-state index >= 15 is 0 Å². The number of carbonyl (C=O) groups is 5. The number of nitrogens with zero attached hydrogens (tertiary/aromatic N) is 5. The Bertz CT molecular complexity index is 2180. The maximum Gasteiger partial charge on any atom is 0.272 e. The standard InChI is InChI=1S/C40H50N10O7/c1-25(51)44-27-16-32(47(2)22-27)38(53)41-11-8-12-42-39(54)33-18-29(24-48(33)3)46-40(55)34-17-28(23-49(34)4)45-37(52)10-7-14-57-36-19-31-26(15-35(36)56-5)21-50-13-6-9-30(50)20-43-31/h15-20,22-24,30H,6-14,21H2,1-5H3,(H,41,53)(H,42,54)(H,44,51)(H,45,52)(H,46,55)/t30-/m0/s1. The van der Waals surface area contributed by atoms with E-state index in [0.717, 1.165) is 30.8 Å². The third-order valence-corrected chi connectivity index (χ3v) is 9.84. The van der Waals surface area contributed by atoms with Crippen LogP contribution in [0.2, 0.25) is 0 Å². The lowest BCUT2D eigenvalue weighted by Gasteiger charge is -2.20. The lowest BCUT2D eigenvalue weighted by Crippen LogP contribution is -2.31. The Kier molecular flexibility index (Phi) is 12.8. The zero-order chi connectivity index (χ0) is 40.6. The molecule has 1 aromatic carbocycles. The number of hydrogen-bond acceptors (Lipinski definition) is 9.